The number of hydrogen-bond donors (Lipinski definition) is 1. The Labute approximate surface area is 143 Å². The number of benzene rings is 2. The second kappa shape index (κ2) is 7.97. The van der Waals surface area contributed by atoms with Crippen LogP contribution in [-0.2, 0) is 17.6 Å². The predicted octanol–water partition coefficient (Wildman–Crippen LogP) is 2.81. The lowest BCUT2D eigenvalue weighted by Gasteiger charge is -2.17. The van der Waals surface area contributed by atoms with E-state index in [1.165, 1.54) is 11.1 Å². The maximum absolute atomic E-state index is 12.4. The Kier molecular flexibility index (Phi) is 5.49. The van der Waals surface area contributed by atoms with Gasteiger partial charge < -0.3 is 15.0 Å². The molecule has 0 atom stereocenters. The summed E-state index contributed by atoms with van der Waals surface area (Å²) in [6, 6.07) is 16.3. The van der Waals surface area contributed by atoms with E-state index in [0.717, 1.165) is 37.4 Å². The SMILES string of the molecule is COc1cccc(CCNCCC(=O)N2CCc3ccccc32)c1. The lowest BCUT2D eigenvalue weighted by atomic mass is 10.1. The Morgan fingerprint density at radius 2 is 2.04 bits per heavy atom. The maximum Gasteiger partial charge on any atom is 0.228 e. The standard InChI is InChI=1S/C20H24N2O2/c1-24-18-7-4-5-16(15-18)9-12-21-13-10-20(23)22-14-11-17-6-2-3-8-19(17)22/h2-8,15,21H,9-14H2,1H3. The molecule has 0 spiro atoms. The van der Waals surface area contributed by atoms with Crippen molar-refractivity contribution in [1.82, 2.24) is 5.32 Å². The van der Waals surface area contributed by atoms with E-state index in [1.807, 2.05) is 41.3 Å². The topological polar surface area (TPSA) is 41.6 Å². The molecule has 4 heteroatoms. The Bertz CT molecular complexity index is 700. The zero-order valence-corrected chi connectivity index (χ0v) is 14.1. The Balaban J connectivity index is 1.40. The summed E-state index contributed by atoms with van der Waals surface area (Å²) < 4.78 is 5.23. The van der Waals surface area contributed by atoms with Crippen LogP contribution >= 0.6 is 0 Å². The number of methoxy groups -OCH3 is 1. The second-order valence-electron chi connectivity index (χ2n) is 6.03. The molecule has 1 heterocycles. The van der Waals surface area contributed by atoms with E-state index in [-0.39, 0.29) is 5.91 Å². The van der Waals surface area contributed by atoms with Crippen LogP contribution in [0.4, 0.5) is 5.69 Å². The minimum atomic E-state index is 0.203. The number of carbonyl (C=O) groups excluding carboxylic acids is 1. The van der Waals surface area contributed by atoms with Crippen molar-refractivity contribution in [2.75, 3.05) is 31.6 Å². The zero-order chi connectivity index (χ0) is 16.8. The summed E-state index contributed by atoms with van der Waals surface area (Å²) in [4.78, 5) is 14.3. The number of nitrogens with one attached hydrogen (secondary N) is 1. The second-order valence-corrected chi connectivity index (χ2v) is 6.03. The number of hydrogen-bond acceptors (Lipinski definition) is 3. The highest BCUT2D eigenvalue weighted by molar-refractivity contribution is 5.95. The molecular formula is C20H24N2O2. The van der Waals surface area contributed by atoms with Crippen LogP contribution in [0.1, 0.15) is 17.5 Å². The van der Waals surface area contributed by atoms with Crippen LogP contribution in [0.2, 0.25) is 0 Å². The van der Waals surface area contributed by atoms with Gasteiger partial charge in [0, 0.05) is 25.2 Å². The molecule has 2 aromatic rings. The summed E-state index contributed by atoms with van der Waals surface area (Å²) in [5, 5.41) is 3.36. The average Bonchev–Trinajstić information content (AvgIpc) is 3.05. The lowest BCUT2D eigenvalue weighted by molar-refractivity contribution is -0.118. The van der Waals surface area contributed by atoms with Gasteiger partial charge in [0.05, 0.1) is 7.11 Å². The summed E-state index contributed by atoms with van der Waals surface area (Å²) in [6.45, 7) is 2.38. The van der Waals surface area contributed by atoms with Gasteiger partial charge in [0.25, 0.3) is 0 Å². The molecule has 0 aromatic heterocycles. The number of carbonyl (C=O) groups is 1. The maximum atomic E-state index is 12.4. The van der Waals surface area contributed by atoms with Gasteiger partial charge in [0.1, 0.15) is 5.75 Å². The van der Waals surface area contributed by atoms with Crippen LogP contribution < -0.4 is 15.0 Å². The summed E-state index contributed by atoms with van der Waals surface area (Å²) in [5.74, 6) is 1.09. The van der Waals surface area contributed by atoms with E-state index in [2.05, 4.69) is 17.4 Å². The molecule has 4 nitrogen and oxygen atoms in total. The fourth-order valence-electron chi connectivity index (χ4n) is 3.11. The van der Waals surface area contributed by atoms with E-state index in [1.54, 1.807) is 7.11 Å². The van der Waals surface area contributed by atoms with Crippen LogP contribution in [0.3, 0.4) is 0 Å². The van der Waals surface area contributed by atoms with Crippen LogP contribution in [-0.4, -0.2) is 32.7 Å². The van der Waals surface area contributed by atoms with E-state index < -0.39 is 0 Å². The molecule has 2 aromatic carbocycles. The molecule has 0 fully saturated rings. The van der Waals surface area contributed by atoms with Gasteiger partial charge in [-0.05, 0) is 48.7 Å². The molecule has 1 amide bonds. The van der Waals surface area contributed by atoms with Crippen LogP contribution in [0, 0.1) is 0 Å². The minimum Gasteiger partial charge on any atom is -0.497 e. The first-order valence-corrected chi connectivity index (χ1v) is 8.50. The van der Waals surface area contributed by atoms with E-state index in [9.17, 15) is 4.79 Å². The third-order valence-electron chi connectivity index (χ3n) is 4.43. The van der Waals surface area contributed by atoms with Crippen molar-refractivity contribution in [2.24, 2.45) is 0 Å². The van der Waals surface area contributed by atoms with Crippen molar-refractivity contribution in [3.63, 3.8) is 0 Å². The third-order valence-corrected chi connectivity index (χ3v) is 4.43. The Morgan fingerprint density at radius 1 is 1.17 bits per heavy atom. The van der Waals surface area contributed by atoms with Crippen molar-refractivity contribution >= 4 is 11.6 Å². The molecule has 0 saturated carbocycles. The molecule has 126 valence electrons. The molecule has 1 N–H and O–H groups in total. The van der Waals surface area contributed by atoms with Gasteiger partial charge >= 0.3 is 0 Å². The first kappa shape index (κ1) is 16.5. The van der Waals surface area contributed by atoms with E-state index >= 15 is 0 Å². The monoisotopic (exact) mass is 324 g/mol. The highest BCUT2D eigenvalue weighted by Crippen LogP contribution is 2.27. The fourth-order valence-corrected chi connectivity index (χ4v) is 3.11. The molecule has 0 saturated heterocycles. The number of amides is 1. The number of rotatable bonds is 7. The molecule has 0 radical (unpaired) electrons. The molecule has 24 heavy (non-hydrogen) atoms. The van der Waals surface area contributed by atoms with Crippen molar-refractivity contribution in [3.8, 4) is 5.75 Å². The highest BCUT2D eigenvalue weighted by atomic mass is 16.5. The third kappa shape index (κ3) is 3.95. The molecular weight excluding hydrogens is 300 g/mol. The molecule has 0 aliphatic carbocycles. The van der Waals surface area contributed by atoms with Gasteiger partial charge in [-0.15, -0.1) is 0 Å². The van der Waals surface area contributed by atoms with Crippen molar-refractivity contribution in [3.05, 3.63) is 59.7 Å². The molecule has 1 aliphatic rings. The lowest BCUT2D eigenvalue weighted by Crippen LogP contribution is -2.32. The van der Waals surface area contributed by atoms with Crippen LogP contribution in [0.25, 0.3) is 0 Å². The smallest absolute Gasteiger partial charge is 0.228 e. The van der Waals surface area contributed by atoms with E-state index in [4.69, 9.17) is 4.74 Å². The highest BCUT2D eigenvalue weighted by Gasteiger charge is 2.23. The first-order valence-electron chi connectivity index (χ1n) is 8.50. The molecule has 0 bridgehead atoms. The number of anilines is 1. The van der Waals surface area contributed by atoms with Crippen LogP contribution in [0.5, 0.6) is 5.75 Å². The number of ether oxygens (including phenoxy) is 1. The quantitative estimate of drug-likeness (QED) is 0.796. The molecule has 3 rings (SSSR count). The number of fused-ring (bicyclic) bond motifs is 1. The van der Waals surface area contributed by atoms with Gasteiger partial charge in [-0.2, -0.15) is 0 Å². The molecule has 1 aliphatic heterocycles. The fraction of sp³-hybridized carbons (Fsp3) is 0.350. The normalized spacial score (nSPS) is 13.0. The Morgan fingerprint density at radius 3 is 2.92 bits per heavy atom. The van der Waals surface area contributed by atoms with Gasteiger partial charge in [-0.3, -0.25) is 4.79 Å². The summed E-state index contributed by atoms with van der Waals surface area (Å²) in [6.07, 6.45) is 2.43. The Hall–Kier alpha value is -2.33. The molecule has 0 unspecified atom stereocenters. The average molecular weight is 324 g/mol. The van der Waals surface area contributed by atoms with Crippen molar-refractivity contribution < 1.29 is 9.53 Å². The van der Waals surface area contributed by atoms with Gasteiger partial charge in [0.15, 0.2) is 0 Å². The van der Waals surface area contributed by atoms with E-state index in [0.29, 0.717) is 13.0 Å². The van der Waals surface area contributed by atoms with Gasteiger partial charge in [-0.1, -0.05) is 30.3 Å². The van der Waals surface area contributed by atoms with Crippen molar-refractivity contribution in [1.29, 1.82) is 0 Å². The summed E-state index contributed by atoms with van der Waals surface area (Å²) >= 11 is 0. The van der Waals surface area contributed by atoms with Crippen molar-refractivity contribution in [2.45, 2.75) is 19.3 Å². The number of nitrogens with zero attached hydrogens (tertiary/aromatic N) is 1. The minimum absolute atomic E-state index is 0.203. The van der Waals surface area contributed by atoms with Gasteiger partial charge in [-0.25, -0.2) is 0 Å². The van der Waals surface area contributed by atoms with Crippen LogP contribution in [0.15, 0.2) is 48.5 Å². The van der Waals surface area contributed by atoms with Gasteiger partial charge in [0.2, 0.25) is 5.91 Å². The predicted molar refractivity (Wildman–Crippen MR) is 96.7 cm³/mol. The summed E-state index contributed by atoms with van der Waals surface area (Å²) in [5.41, 5.74) is 3.59. The largest absolute Gasteiger partial charge is 0.497 e. The number of para-hydroxylation sites is 1. The first-order chi connectivity index (χ1) is 11.8. The zero-order valence-electron chi connectivity index (χ0n) is 14.1. The summed E-state index contributed by atoms with van der Waals surface area (Å²) in [7, 11) is 1.68.